The van der Waals surface area contributed by atoms with E-state index in [-0.39, 0.29) is 11.7 Å². The largest absolute Gasteiger partial charge is 0.326 e. The first-order valence-electron chi connectivity index (χ1n) is 5.40. The number of rotatable bonds is 2. The zero-order chi connectivity index (χ0) is 13.1. The van der Waals surface area contributed by atoms with Gasteiger partial charge >= 0.3 is 0 Å². The summed E-state index contributed by atoms with van der Waals surface area (Å²) in [7, 11) is 0. The van der Waals surface area contributed by atoms with Crippen LogP contribution < -0.4 is 5.32 Å². The fraction of sp³-hybridized carbons (Fsp3) is 0.0714. The number of hydrogen-bond donors (Lipinski definition) is 1. The first-order valence-corrected chi connectivity index (χ1v) is 6.19. The highest BCUT2D eigenvalue weighted by Gasteiger charge is 2.11. The number of amides is 1. The molecule has 0 aromatic heterocycles. The van der Waals surface area contributed by atoms with Gasteiger partial charge in [0.15, 0.2) is 0 Å². The lowest BCUT2D eigenvalue weighted by molar-refractivity contribution is -0.114. The summed E-state index contributed by atoms with van der Waals surface area (Å²) < 4.78 is 13.9. The molecular formula is C14H11BrFNO. The summed E-state index contributed by atoms with van der Waals surface area (Å²) in [6, 6.07) is 12.3. The lowest BCUT2D eigenvalue weighted by atomic mass is 10.0. The predicted molar refractivity (Wildman–Crippen MR) is 73.8 cm³/mol. The van der Waals surface area contributed by atoms with Gasteiger partial charge in [-0.2, -0.15) is 0 Å². The van der Waals surface area contributed by atoms with Gasteiger partial charge in [0, 0.05) is 18.2 Å². The molecule has 0 radical (unpaired) electrons. The number of carbonyl (C=O) groups excluding carboxylic acids is 1. The molecule has 4 heteroatoms. The molecule has 92 valence electrons. The van der Waals surface area contributed by atoms with E-state index in [1.807, 2.05) is 30.3 Å². The number of halogens is 2. The van der Waals surface area contributed by atoms with Crippen LogP contribution in [-0.2, 0) is 4.79 Å². The Balaban J connectivity index is 2.57. The summed E-state index contributed by atoms with van der Waals surface area (Å²) in [4.78, 5) is 11.2. The zero-order valence-electron chi connectivity index (χ0n) is 9.71. The first kappa shape index (κ1) is 12.8. The van der Waals surface area contributed by atoms with Crippen LogP contribution in [-0.4, -0.2) is 5.91 Å². The molecule has 2 aromatic carbocycles. The molecular weight excluding hydrogens is 297 g/mol. The van der Waals surface area contributed by atoms with Crippen LogP contribution in [0, 0.1) is 5.82 Å². The molecule has 0 atom stereocenters. The fourth-order valence-electron chi connectivity index (χ4n) is 1.70. The normalized spacial score (nSPS) is 10.2. The Morgan fingerprint density at radius 1 is 1.22 bits per heavy atom. The van der Waals surface area contributed by atoms with E-state index < -0.39 is 0 Å². The van der Waals surface area contributed by atoms with E-state index in [1.165, 1.54) is 13.0 Å². The van der Waals surface area contributed by atoms with Crippen molar-refractivity contribution in [2.45, 2.75) is 6.92 Å². The van der Waals surface area contributed by atoms with E-state index in [0.29, 0.717) is 15.7 Å². The van der Waals surface area contributed by atoms with Crippen molar-refractivity contribution in [2.75, 3.05) is 5.32 Å². The second-order valence-corrected chi connectivity index (χ2v) is 4.71. The smallest absolute Gasteiger partial charge is 0.221 e. The third-order valence-electron chi connectivity index (χ3n) is 2.46. The number of benzene rings is 2. The van der Waals surface area contributed by atoms with Gasteiger partial charge in [0.1, 0.15) is 5.82 Å². The molecule has 2 nitrogen and oxygen atoms in total. The molecule has 0 aliphatic rings. The molecule has 0 bridgehead atoms. The molecule has 2 rings (SSSR count). The van der Waals surface area contributed by atoms with Crippen LogP contribution in [0.1, 0.15) is 6.92 Å². The van der Waals surface area contributed by atoms with Gasteiger partial charge in [-0.25, -0.2) is 4.39 Å². The maximum atomic E-state index is 13.6. The van der Waals surface area contributed by atoms with Gasteiger partial charge in [0.25, 0.3) is 0 Å². The average Bonchev–Trinajstić information content (AvgIpc) is 2.34. The highest BCUT2D eigenvalue weighted by Crippen LogP contribution is 2.32. The Kier molecular flexibility index (Phi) is 3.77. The fourth-order valence-corrected chi connectivity index (χ4v) is 2.04. The second kappa shape index (κ2) is 5.31. The molecule has 0 saturated heterocycles. The lowest BCUT2D eigenvalue weighted by Gasteiger charge is -2.11. The third kappa shape index (κ3) is 2.76. The van der Waals surface area contributed by atoms with Crippen molar-refractivity contribution >= 4 is 27.5 Å². The molecule has 0 aliphatic heterocycles. The Morgan fingerprint density at radius 3 is 2.50 bits per heavy atom. The molecule has 1 amide bonds. The molecule has 2 aromatic rings. The van der Waals surface area contributed by atoms with Crippen molar-refractivity contribution in [3.05, 3.63) is 52.8 Å². The summed E-state index contributed by atoms with van der Waals surface area (Å²) in [6.07, 6.45) is 0. The third-order valence-corrected chi connectivity index (χ3v) is 3.06. The molecule has 0 saturated carbocycles. The molecule has 0 spiro atoms. The number of hydrogen-bond acceptors (Lipinski definition) is 1. The van der Waals surface area contributed by atoms with Crippen LogP contribution in [0.4, 0.5) is 10.1 Å². The Morgan fingerprint density at radius 2 is 1.89 bits per heavy atom. The Hall–Kier alpha value is -1.68. The van der Waals surface area contributed by atoms with Crippen LogP contribution in [0.5, 0.6) is 0 Å². The van der Waals surface area contributed by atoms with E-state index in [9.17, 15) is 9.18 Å². The Bertz CT molecular complexity index is 584. The summed E-state index contributed by atoms with van der Waals surface area (Å²) >= 11 is 3.12. The van der Waals surface area contributed by atoms with Crippen molar-refractivity contribution in [3.63, 3.8) is 0 Å². The first-order chi connectivity index (χ1) is 8.58. The predicted octanol–water partition coefficient (Wildman–Crippen LogP) is 4.21. The van der Waals surface area contributed by atoms with Gasteiger partial charge in [0.2, 0.25) is 5.91 Å². The maximum absolute atomic E-state index is 13.6. The second-order valence-electron chi connectivity index (χ2n) is 3.86. The highest BCUT2D eigenvalue weighted by molar-refractivity contribution is 9.10. The van der Waals surface area contributed by atoms with E-state index in [0.717, 1.165) is 5.56 Å². The van der Waals surface area contributed by atoms with Gasteiger partial charge in [-0.3, -0.25) is 4.79 Å². The van der Waals surface area contributed by atoms with E-state index >= 15 is 0 Å². The van der Waals surface area contributed by atoms with Crippen molar-refractivity contribution in [2.24, 2.45) is 0 Å². The summed E-state index contributed by atoms with van der Waals surface area (Å²) in [5.41, 5.74) is 2.10. The molecule has 0 aliphatic carbocycles. The van der Waals surface area contributed by atoms with E-state index in [2.05, 4.69) is 21.2 Å². The maximum Gasteiger partial charge on any atom is 0.221 e. The quantitative estimate of drug-likeness (QED) is 0.884. The van der Waals surface area contributed by atoms with Crippen LogP contribution >= 0.6 is 15.9 Å². The van der Waals surface area contributed by atoms with Crippen LogP contribution in [0.3, 0.4) is 0 Å². The molecule has 18 heavy (non-hydrogen) atoms. The van der Waals surface area contributed by atoms with Crippen molar-refractivity contribution < 1.29 is 9.18 Å². The summed E-state index contributed by atoms with van der Waals surface area (Å²) in [5, 5.41) is 2.70. The van der Waals surface area contributed by atoms with Crippen molar-refractivity contribution in [3.8, 4) is 11.1 Å². The lowest BCUT2D eigenvalue weighted by Crippen LogP contribution is -2.07. The summed E-state index contributed by atoms with van der Waals surface area (Å²) in [5.74, 6) is -0.548. The average molecular weight is 308 g/mol. The highest BCUT2D eigenvalue weighted by atomic mass is 79.9. The van der Waals surface area contributed by atoms with E-state index in [1.54, 1.807) is 6.07 Å². The summed E-state index contributed by atoms with van der Waals surface area (Å²) in [6.45, 7) is 1.42. The molecule has 0 heterocycles. The molecule has 1 N–H and O–H groups in total. The van der Waals surface area contributed by atoms with Crippen LogP contribution in [0.15, 0.2) is 46.9 Å². The SMILES string of the molecule is CC(=O)Nc1cc(Br)c(F)cc1-c1ccccc1. The van der Waals surface area contributed by atoms with Gasteiger partial charge in [-0.05, 0) is 33.6 Å². The van der Waals surface area contributed by atoms with Gasteiger partial charge in [0.05, 0.1) is 4.47 Å². The van der Waals surface area contributed by atoms with Gasteiger partial charge in [-0.1, -0.05) is 30.3 Å². The minimum atomic E-state index is -0.358. The van der Waals surface area contributed by atoms with Gasteiger partial charge < -0.3 is 5.32 Å². The number of anilines is 1. The minimum absolute atomic E-state index is 0.189. The topological polar surface area (TPSA) is 29.1 Å². The van der Waals surface area contributed by atoms with Gasteiger partial charge in [-0.15, -0.1) is 0 Å². The van der Waals surface area contributed by atoms with Crippen LogP contribution in [0.25, 0.3) is 11.1 Å². The van der Waals surface area contributed by atoms with Crippen molar-refractivity contribution in [1.82, 2.24) is 0 Å². The van der Waals surface area contributed by atoms with Crippen LogP contribution in [0.2, 0.25) is 0 Å². The number of nitrogens with one attached hydrogen (secondary N) is 1. The monoisotopic (exact) mass is 307 g/mol. The standard InChI is InChI=1S/C14H11BrFNO/c1-9(18)17-14-8-12(15)13(16)7-11(14)10-5-3-2-4-6-10/h2-8H,1H3,(H,17,18). The minimum Gasteiger partial charge on any atom is -0.326 e. The van der Waals surface area contributed by atoms with E-state index in [4.69, 9.17) is 0 Å². The van der Waals surface area contributed by atoms with Crippen molar-refractivity contribution in [1.29, 1.82) is 0 Å². The molecule has 0 unspecified atom stereocenters. The zero-order valence-corrected chi connectivity index (χ0v) is 11.3. The number of carbonyl (C=O) groups is 1. The molecule has 0 fully saturated rings. The Labute approximate surface area is 113 Å².